The molecule has 0 saturated heterocycles. The van der Waals surface area contributed by atoms with Gasteiger partial charge in [-0.15, -0.1) is 0 Å². The van der Waals surface area contributed by atoms with Crippen LogP contribution in [0.1, 0.15) is 5.56 Å². The molecule has 4 rings (SSSR count). The van der Waals surface area contributed by atoms with E-state index in [2.05, 4.69) is 14.9 Å². The number of nitrogens with one attached hydrogen (secondary N) is 1. The second-order valence-corrected chi connectivity index (χ2v) is 7.99. The van der Waals surface area contributed by atoms with Crippen molar-refractivity contribution in [1.29, 1.82) is 0 Å². The summed E-state index contributed by atoms with van der Waals surface area (Å²) in [6, 6.07) is 15.6. The number of benzene rings is 2. The number of rotatable bonds is 8. The highest BCUT2D eigenvalue weighted by Gasteiger charge is 2.12. The first-order chi connectivity index (χ1) is 15.6. The van der Waals surface area contributed by atoms with Gasteiger partial charge >= 0.3 is 0 Å². The van der Waals surface area contributed by atoms with Crippen LogP contribution in [0, 0.1) is 5.82 Å². The molecule has 164 valence electrons. The van der Waals surface area contributed by atoms with Crippen LogP contribution in [0.3, 0.4) is 0 Å². The molecule has 0 fully saturated rings. The Morgan fingerprint density at radius 1 is 1.06 bits per heavy atom. The third-order valence-electron chi connectivity index (χ3n) is 4.93. The molecular weight excluding hydrogens is 429 g/mol. The van der Waals surface area contributed by atoms with Gasteiger partial charge in [-0.05, 0) is 42.0 Å². The van der Waals surface area contributed by atoms with Gasteiger partial charge in [-0.25, -0.2) is 9.37 Å². The molecule has 32 heavy (non-hydrogen) atoms. The van der Waals surface area contributed by atoms with E-state index in [0.29, 0.717) is 23.7 Å². The predicted octanol–water partition coefficient (Wildman–Crippen LogP) is 4.97. The van der Waals surface area contributed by atoms with Crippen molar-refractivity contribution in [3.63, 3.8) is 0 Å². The quantitative estimate of drug-likeness (QED) is 0.383. The molecule has 1 amide bonds. The molecular formula is C24H22FN3O3S. The van der Waals surface area contributed by atoms with E-state index in [4.69, 9.17) is 9.47 Å². The summed E-state index contributed by atoms with van der Waals surface area (Å²) in [6.45, 7) is 0.623. The van der Waals surface area contributed by atoms with Gasteiger partial charge in [-0.2, -0.15) is 0 Å². The van der Waals surface area contributed by atoms with E-state index in [1.54, 1.807) is 50.7 Å². The minimum absolute atomic E-state index is 0.147. The third kappa shape index (κ3) is 4.86. The number of carbonyl (C=O) groups is 1. The van der Waals surface area contributed by atoms with Gasteiger partial charge in [0.1, 0.15) is 10.8 Å². The Morgan fingerprint density at radius 3 is 2.59 bits per heavy atom. The molecule has 0 unspecified atom stereocenters. The monoisotopic (exact) mass is 451 g/mol. The number of ether oxygens (including phenoxy) is 2. The Bertz CT molecular complexity index is 1240. The Labute approximate surface area is 189 Å². The third-order valence-corrected chi connectivity index (χ3v) is 5.94. The van der Waals surface area contributed by atoms with E-state index >= 15 is 0 Å². The van der Waals surface area contributed by atoms with Gasteiger partial charge < -0.3 is 19.4 Å². The highest BCUT2D eigenvalue weighted by atomic mass is 32.2. The summed E-state index contributed by atoms with van der Waals surface area (Å²) in [7, 11) is 3.11. The largest absolute Gasteiger partial charge is 0.493 e. The molecule has 0 aliphatic rings. The molecule has 2 heterocycles. The molecule has 0 atom stereocenters. The molecule has 0 saturated carbocycles. The number of pyridine rings is 1. The lowest BCUT2D eigenvalue weighted by Gasteiger charge is -2.10. The number of anilines is 1. The maximum absolute atomic E-state index is 13.2. The molecule has 0 aliphatic heterocycles. The van der Waals surface area contributed by atoms with Crippen LogP contribution in [0.25, 0.3) is 10.9 Å². The van der Waals surface area contributed by atoms with Crippen molar-refractivity contribution in [2.45, 2.75) is 11.6 Å². The van der Waals surface area contributed by atoms with Crippen molar-refractivity contribution in [3.05, 3.63) is 78.4 Å². The molecule has 0 bridgehead atoms. The standard InChI is InChI=1S/C24H22FN3O3S/c1-30-21-8-7-18(13-22(21)31-2)27-23(29)15-32-24-19-10-12-28(20(19)9-11-26-24)14-16-3-5-17(25)6-4-16/h3-13H,14-15H2,1-2H3,(H,27,29). The lowest BCUT2D eigenvalue weighted by molar-refractivity contribution is -0.113. The van der Waals surface area contributed by atoms with Crippen molar-refractivity contribution in [2.75, 3.05) is 25.3 Å². The number of methoxy groups -OCH3 is 2. The van der Waals surface area contributed by atoms with Gasteiger partial charge in [0, 0.05) is 36.1 Å². The lowest BCUT2D eigenvalue weighted by Crippen LogP contribution is -2.14. The minimum atomic E-state index is -0.250. The fourth-order valence-electron chi connectivity index (χ4n) is 3.38. The zero-order valence-corrected chi connectivity index (χ0v) is 18.5. The van der Waals surface area contributed by atoms with Gasteiger partial charge in [0.15, 0.2) is 11.5 Å². The maximum Gasteiger partial charge on any atom is 0.234 e. The van der Waals surface area contributed by atoms with E-state index in [9.17, 15) is 9.18 Å². The van der Waals surface area contributed by atoms with Gasteiger partial charge in [-0.1, -0.05) is 23.9 Å². The van der Waals surface area contributed by atoms with E-state index in [1.165, 1.54) is 23.9 Å². The highest BCUT2D eigenvalue weighted by Crippen LogP contribution is 2.30. The van der Waals surface area contributed by atoms with Crippen LogP contribution in [0.15, 0.2) is 72.0 Å². The number of fused-ring (bicyclic) bond motifs is 1. The first-order valence-electron chi connectivity index (χ1n) is 9.90. The number of hydrogen-bond acceptors (Lipinski definition) is 5. The predicted molar refractivity (Wildman–Crippen MR) is 124 cm³/mol. The molecule has 0 aliphatic carbocycles. The molecule has 2 aromatic heterocycles. The van der Waals surface area contributed by atoms with Crippen molar-refractivity contribution in [2.24, 2.45) is 0 Å². The zero-order chi connectivity index (χ0) is 22.5. The lowest BCUT2D eigenvalue weighted by atomic mass is 10.2. The molecule has 6 nitrogen and oxygen atoms in total. The number of amides is 1. The SMILES string of the molecule is COc1ccc(NC(=O)CSc2nccc3c2ccn3Cc2ccc(F)cc2)cc1OC. The average molecular weight is 452 g/mol. The minimum Gasteiger partial charge on any atom is -0.493 e. The normalized spacial score (nSPS) is 10.8. The summed E-state index contributed by atoms with van der Waals surface area (Å²) in [5.74, 6) is 0.962. The number of nitrogens with zero attached hydrogens (tertiary/aromatic N) is 2. The molecule has 0 spiro atoms. The van der Waals surface area contributed by atoms with Crippen LogP contribution in [-0.2, 0) is 11.3 Å². The van der Waals surface area contributed by atoms with E-state index in [-0.39, 0.29) is 17.5 Å². The summed E-state index contributed by atoms with van der Waals surface area (Å²) in [4.78, 5) is 16.9. The smallest absolute Gasteiger partial charge is 0.234 e. The average Bonchev–Trinajstić information content (AvgIpc) is 3.22. The summed E-state index contributed by atoms with van der Waals surface area (Å²) >= 11 is 1.37. The fourth-order valence-corrected chi connectivity index (χ4v) is 4.18. The first kappa shape index (κ1) is 21.7. The number of carbonyl (C=O) groups excluding carboxylic acids is 1. The summed E-state index contributed by atoms with van der Waals surface area (Å²) in [6.07, 6.45) is 3.71. The molecule has 4 aromatic rings. The van der Waals surface area contributed by atoms with Gasteiger partial charge in [-0.3, -0.25) is 4.79 Å². The maximum atomic E-state index is 13.2. The second kappa shape index (κ2) is 9.74. The van der Waals surface area contributed by atoms with Crippen molar-refractivity contribution < 1.29 is 18.7 Å². The van der Waals surface area contributed by atoms with E-state index < -0.39 is 0 Å². The van der Waals surface area contributed by atoms with Crippen LogP contribution in [0.5, 0.6) is 11.5 Å². The van der Waals surface area contributed by atoms with Crippen molar-refractivity contribution in [1.82, 2.24) is 9.55 Å². The Morgan fingerprint density at radius 2 is 1.84 bits per heavy atom. The molecule has 1 N–H and O–H groups in total. The van der Waals surface area contributed by atoms with E-state index in [0.717, 1.165) is 21.5 Å². The Balaban J connectivity index is 1.44. The highest BCUT2D eigenvalue weighted by molar-refractivity contribution is 8.00. The van der Waals surface area contributed by atoms with Gasteiger partial charge in [0.2, 0.25) is 5.91 Å². The topological polar surface area (TPSA) is 65.4 Å². The molecule has 0 radical (unpaired) electrons. The second-order valence-electron chi connectivity index (χ2n) is 7.03. The van der Waals surface area contributed by atoms with Gasteiger partial charge in [0.25, 0.3) is 0 Å². The first-order valence-corrected chi connectivity index (χ1v) is 10.9. The number of thioether (sulfide) groups is 1. The van der Waals surface area contributed by atoms with Crippen LogP contribution in [0.2, 0.25) is 0 Å². The van der Waals surface area contributed by atoms with Crippen LogP contribution >= 0.6 is 11.8 Å². The summed E-state index contributed by atoms with van der Waals surface area (Å²) in [5.41, 5.74) is 2.64. The molecule has 2 aromatic carbocycles. The Hall–Kier alpha value is -3.52. The van der Waals surface area contributed by atoms with Crippen LogP contribution in [0.4, 0.5) is 10.1 Å². The number of halogens is 1. The fraction of sp³-hybridized carbons (Fsp3) is 0.167. The van der Waals surface area contributed by atoms with Crippen LogP contribution in [-0.4, -0.2) is 35.4 Å². The van der Waals surface area contributed by atoms with Gasteiger partial charge in [0.05, 0.1) is 25.5 Å². The number of aromatic nitrogens is 2. The summed E-state index contributed by atoms with van der Waals surface area (Å²) in [5, 5.41) is 4.62. The van der Waals surface area contributed by atoms with Crippen LogP contribution < -0.4 is 14.8 Å². The van der Waals surface area contributed by atoms with Crippen molar-refractivity contribution in [3.8, 4) is 11.5 Å². The summed E-state index contributed by atoms with van der Waals surface area (Å²) < 4.78 is 25.7. The molecule has 8 heteroatoms. The van der Waals surface area contributed by atoms with E-state index in [1.807, 2.05) is 18.3 Å². The number of hydrogen-bond donors (Lipinski definition) is 1. The van der Waals surface area contributed by atoms with Crippen molar-refractivity contribution >= 4 is 34.3 Å². The zero-order valence-electron chi connectivity index (χ0n) is 17.7. The Kier molecular flexibility index (Phi) is 6.61.